The van der Waals surface area contributed by atoms with Crippen LogP contribution in [0, 0.1) is 5.92 Å². The van der Waals surface area contributed by atoms with E-state index in [1.54, 1.807) is 6.07 Å². The molecule has 1 fully saturated rings. The zero-order valence-corrected chi connectivity index (χ0v) is 20.2. The van der Waals surface area contributed by atoms with Gasteiger partial charge in [0, 0.05) is 18.7 Å². The summed E-state index contributed by atoms with van der Waals surface area (Å²) in [5.41, 5.74) is 1.56. The van der Waals surface area contributed by atoms with Crippen LogP contribution in [0.2, 0.25) is 0 Å². The van der Waals surface area contributed by atoms with E-state index >= 15 is 0 Å². The van der Waals surface area contributed by atoms with E-state index in [1.165, 1.54) is 27.4 Å². The standard InChI is InChI=1S/C24H24F3N5O3S/c1-36(34,35)31-12-10-15(11-13-31)14-18-21(16-6-8-17(9-7-16)24(25,26)27)30-32(22(18)33)23-28-19-4-2-3-5-20(19)29-23/h2-9,15,30H,10-14H2,1H3,(H,28,29). The summed E-state index contributed by atoms with van der Waals surface area (Å²) in [6, 6.07) is 11.9. The molecular formula is C24H24F3N5O3S. The molecule has 36 heavy (non-hydrogen) atoms. The third-order valence-corrected chi connectivity index (χ3v) is 7.91. The Morgan fingerprint density at radius 3 is 2.33 bits per heavy atom. The maximum atomic E-state index is 13.5. The number of alkyl halides is 3. The molecule has 5 rings (SSSR count). The summed E-state index contributed by atoms with van der Waals surface area (Å²) in [6.45, 7) is 0.725. The van der Waals surface area contributed by atoms with Crippen LogP contribution in [0.5, 0.6) is 0 Å². The monoisotopic (exact) mass is 519 g/mol. The van der Waals surface area contributed by atoms with Crippen LogP contribution < -0.4 is 5.56 Å². The first-order valence-electron chi connectivity index (χ1n) is 11.4. The van der Waals surface area contributed by atoms with Crippen molar-refractivity contribution in [1.82, 2.24) is 24.1 Å². The van der Waals surface area contributed by atoms with E-state index in [1.807, 2.05) is 18.2 Å². The summed E-state index contributed by atoms with van der Waals surface area (Å²) >= 11 is 0. The van der Waals surface area contributed by atoms with Gasteiger partial charge in [0.25, 0.3) is 5.56 Å². The second-order valence-electron chi connectivity index (χ2n) is 9.07. The quantitative estimate of drug-likeness (QED) is 0.417. The Bertz CT molecular complexity index is 1530. The number of sulfonamides is 1. The summed E-state index contributed by atoms with van der Waals surface area (Å²) in [6.07, 6.45) is -1.78. The smallest absolute Gasteiger partial charge is 0.322 e. The third kappa shape index (κ3) is 4.70. The Kier molecular flexibility index (Phi) is 6.03. The summed E-state index contributed by atoms with van der Waals surface area (Å²) in [5, 5.41) is 3.05. The molecule has 1 saturated heterocycles. The number of nitrogens with one attached hydrogen (secondary N) is 2. The minimum Gasteiger partial charge on any atom is -0.322 e. The number of aromatic amines is 2. The van der Waals surface area contributed by atoms with E-state index in [0.29, 0.717) is 54.7 Å². The average molecular weight is 520 g/mol. The van der Waals surface area contributed by atoms with E-state index in [9.17, 15) is 26.4 Å². The van der Waals surface area contributed by atoms with Gasteiger partial charge in [0.2, 0.25) is 16.0 Å². The predicted octanol–water partition coefficient (Wildman–Crippen LogP) is 3.94. The van der Waals surface area contributed by atoms with E-state index in [4.69, 9.17) is 0 Å². The topological polar surface area (TPSA) is 104 Å². The normalized spacial score (nSPS) is 16.1. The Hall–Kier alpha value is -3.38. The summed E-state index contributed by atoms with van der Waals surface area (Å²) in [5.74, 6) is 0.316. The highest BCUT2D eigenvalue weighted by molar-refractivity contribution is 7.88. The molecular weight excluding hydrogens is 495 g/mol. The van der Waals surface area contributed by atoms with Crippen LogP contribution in [0.3, 0.4) is 0 Å². The molecule has 190 valence electrons. The second kappa shape index (κ2) is 8.93. The number of hydrogen-bond donors (Lipinski definition) is 2. The van der Waals surface area contributed by atoms with Gasteiger partial charge in [-0.3, -0.25) is 9.89 Å². The summed E-state index contributed by atoms with van der Waals surface area (Å²) < 4.78 is 65.7. The van der Waals surface area contributed by atoms with Crippen molar-refractivity contribution < 1.29 is 21.6 Å². The van der Waals surface area contributed by atoms with Gasteiger partial charge >= 0.3 is 6.18 Å². The van der Waals surface area contributed by atoms with Crippen LogP contribution in [0.1, 0.15) is 24.0 Å². The van der Waals surface area contributed by atoms with Gasteiger partial charge in [-0.15, -0.1) is 0 Å². The first-order chi connectivity index (χ1) is 17.0. The van der Waals surface area contributed by atoms with Gasteiger partial charge in [0.05, 0.1) is 28.5 Å². The van der Waals surface area contributed by atoms with Crippen molar-refractivity contribution in [2.75, 3.05) is 19.3 Å². The number of benzene rings is 2. The molecule has 3 heterocycles. The van der Waals surface area contributed by atoms with Gasteiger partial charge in [0.15, 0.2) is 0 Å². The SMILES string of the molecule is CS(=O)(=O)N1CCC(Cc2c(-c3ccc(C(F)(F)F)cc3)[nH]n(-c3nc4ccccc4[nH]3)c2=O)CC1. The lowest BCUT2D eigenvalue weighted by atomic mass is 9.90. The van der Waals surface area contributed by atoms with Crippen molar-refractivity contribution in [2.24, 2.45) is 5.92 Å². The fraction of sp³-hybridized carbons (Fsp3) is 0.333. The predicted molar refractivity (Wildman–Crippen MR) is 129 cm³/mol. The van der Waals surface area contributed by atoms with Gasteiger partial charge in [-0.2, -0.15) is 17.9 Å². The molecule has 1 aliphatic heterocycles. The Balaban J connectivity index is 1.53. The molecule has 0 atom stereocenters. The molecule has 2 aromatic carbocycles. The molecule has 12 heteroatoms. The number of nitrogens with zero attached hydrogens (tertiary/aromatic N) is 3. The van der Waals surface area contributed by atoms with Crippen LogP contribution in [-0.2, 0) is 22.6 Å². The van der Waals surface area contributed by atoms with E-state index < -0.39 is 21.8 Å². The van der Waals surface area contributed by atoms with Crippen LogP contribution in [-0.4, -0.2) is 51.8 Å². The summed E-state index contributed by atoms with van der Waals surface area (Å²) in [7, 11) is -3.29. The first-order valence-corrected chi connectivity index (χ1v) is 13.3. The van der Waals surface area contributed by atoms with Gasteiger partial charge in [-0.25, -0.2) is 17.7 Å². The highest BCUT2D eigenvalue weighted by Crippen LogP contribution is 2.32. The van der Waals surface area contributed by atoms with E-state index in [2.05, 4.69) is 15.1 Å². The fourth-order valence-corrected chi connectivity index (χ4v) is 5.53. The number of fused-ring (bicyclic) bond motifs is 1. The molecule has 0 saturated carbocycles. The molecule has 2 N–H and O–H groups in total. The number of hydrogen-bond acceptors (Lipinski definition) is 4. The Morgan fingerprint density at radius 2 is 1.72 bits per heavy atom. The number of piperidine rings is 1. The van der Waals surface area contributed by atoms with Crippen LogP contribution in [0.25, 0.3) is 28.2 Å². The molecule has 0 radical (unpaired) electrons. The molecule has 0 unspecified atom stereocenters. The van der Waals surface area contributed by atoms with Crippen molar-refractivity contribution in [1.29, 1.82) is 0 Å². The molecule has 0 aliphatic carbocycles. The number of aromatic nitrogens is 4. The average Bonchev–Trinajstić information content (AvgIpc) is 3.40. The number of para-hydroxylation sites is 2. The maximum absolute atomic E-state index is 13.5. The van der Waals surface area contributed by atoms with Crippen molar-refractivity contribution in [3.05, 3.63) is 70.0 Å². The van der Waals surface area contributed by atoms with Crippen molar-refractivity contribution >= 4 is 21.1 Å². The lowest BCUT2D eigenvalue weighted by Crippen LogP contribution is -2.38. The number of imidazole rings is 1. The van der Waals surface area contributed by atoms with Gasteiger partial charge in [0.1, 0.15) is 0 Å². The zero-order valence-electron chi connectivity index (χ0n) is 19.3. The zero-order chi connectivity index (χ0) is 25.7. The first kappa shape index (κ1) is 24.3. The Labute approximate surface area is 204 Å². The van der Waals surface area contributed by atoms with Crippen molar-refractivity contribution in [3.63, 3.8) is 0 Å². The van der Waals surface area contributed by atoms with Crippen LogP contribution >= 0.6 is 0 Å². The minimum atomic E-state index is -4.47. The summed E-state index contributed by atoms with van der Waals surface area (Å²) in [4.78, 5) is 21.1. The van der Waals surface area contributed by atoms with E-state index in [-0.39, 0.29) is 17.4 Å². The lowest BCUT2D eigenvalue weighted by Gasteiger charge is -2.30. The number of H-pyrrole nitrogens is 2. The van der Waals surface area contributed by atoms with Gasteiger partial charge in [-0.05, 0) is 55.0 Å². The molecule has 0 amide bonds. The van der Waals surface area contributed by atoms with Crippen LogP contribution in [0.4, 0.5) is 13.2 Å². The highest BCUT2D eigenvalue weighted by Gasteiger charge is 2.31. The largest absolute Gasteiger partial charge is 0.416 e. The number of halogens is 3. The molecule has 4 aromatic rings. The van der Waals surface area contributed by atoms with Crippen molar-refractivity contribution in [2.45, 2.75) is 25.4 Å². The van der Waals surface area contributed by atoms with Gasteiger partial charge in [-0.1, -0.05) is 24.3 Å². The second-order valence-corrected chi connectivity index (χ2v) is 11.1. The fourth-order valence-electron chi connectivity index (χ4n) is 4.65. The molecule has 0 spiro atoms. The van der Waals surface area contributed by atoms with Crippen molar-refractivity contribution in [3.8, 4) is 17.2 Å². The minimum absolute atomic E-state index is 0.0452. The Morgan fingerprint density at radius 1 is 1.06 bits per heavy atom. The molecule has 8 nitrogen and oxygen atoms in total. The van der Waals surface area contributed by atoms with E-state index in [0.717, 1.165) is 17.6 Å². The molecule has 2 aromatic heterocycles. The van der Waals surface area contributed by atoms with Gasteiger partial charge < -0.3 is 4.98 Å². The lowest BCUT2D eigenvalue weighted by molar-refractivity contribution is -0.137. The third-order valence-electron chi connectivity index (χ3n) is 6.61. The maximum Gasteiger partial charge on any atom is 0.416 e. The highest BCUT2D eigenvalue weighted by atomic mass is 32.2. The molecule has 1 aliphatic rings. The molecule has 0 bridgehead atoms. The van der Waals surface area contributed by atoms with Crippen LogP contribution in [0.15, 0.2) is 53.3 Å². The number of rotatable bonds is 5.